The molecule has 0 aliphatic carbocycles. The number of carbonyl (C=O) groups excluding carboxylic acids is 1. The smallest absolute Gasteiger partial charge is 0.251 e. The van der Waals surface area contributed by atoms with Gasteiger partial charge in [0.15, 0.2) is 11.6 Å². The number of benzene rings is 2. The van der Waals surface area contributed by atoms with Crippen molar-refractivity contribution in [2.24, 2.45) is 0 Å². The highest BCUT2D eigenvalue weighted by molar-refractivity contribution is 5.97. The normalized spacial score (nSPS) is 11.9. The second-order valence-corrected chi connectivity index (χ2v) is 6.68. The monoisotopic (exact) mass is 382 g/mol. The van der Waals surface area contributed by atoms with Crippen molar-refractivity contribution in [3.05, 3.63) is 77.5 Å². The number of aryl methyl sites for hydroxylation is 1. The van der Waals surface area contributed by atoms with Crippen LogP contribution in [-0.2, 0) is 0 Å². The minimum Gasteiger partial charge on any atom is -0.394 e. The lowest BCUT2D eigenvalue weighted by Crippen LogP contribution is -2.35. The van der Waals surface area contributed by atoms with Crippen LogP contribution in [-0.4, -0.2) is 28.6 Å². The molecule has 1 aromatic heterocycles. The minimum atomic E-state index is -0.980. The van der Waals surface area contributed by atoms with E-state index < -0.39 is 23.6 Å². The van der Waals surface area contributed by atoms with E-state index in [-0.39, 0.29) is 17.7 Å². The van der Waals surface area contributed by atoms with Crippen LogP contribution in [0.5, 0.6) is 0 Å². The first-order valence-corrected chi connectivity index (χ1v) is 8.83. The van der Waals surface area contributed by atoms with Gasteiger partial charge in [0.25, 0.3) is 5.91 Å². The Morgan fingerprint density at radius 3 is 2.57 bits per heavy atom. The number of hydrogen-bond acceptors (Lipinski definition) is 3. The first-order valence-electron chi connectivity index (χ1n) is 8.83. The first kappa shape index (κ1) is 19.6. The van der Waals surface area contributed by atoms with E-state index in [0.717, 1.165) is 11.6 Å². The number of hydrogen-bond donors (Lipinski definition) is 2. The molecule has 3 aromatic rings. The molecule has 144 valence electrons. The van der Waals surface area contributed by atoms with Crippen LogP contribution in [0.3, 0.4) is 0 Å². The zero-order valence-corrected chi connectivity index (χ0v) is 15.5. The number of nitrogens with zero attached hydrogens (tertiary/aromatic N) is 1. The second-order valence-electron chi connectivity index (χ2n) is 6.68. The number of amides is 1. The van der Waals surface area contributed by atoms with Crippen molar-refractivity contribution in [2.45, 2.75) is 19.9 Å². The molecule has 2 N–H and O–H groups in total. The quantitative estimate of drug-likeness (QED) is 0.698. The van der Waals surface area contributed by atoms with Gasteiger partial charge in [0.2, 0.25) is 0 Å². The molecule has 0 saturated heterocycles. The van der Waals surface area contributed by atoms with Gasteiger partial charge in [0.05, 0.1) is 12.3 Å². The molecule has 0 saturated carbocycles. The van der Waals surface area contributed by atoms with Crippen molar-refractivity contribution in [3.8, 4) is 22.4 Å². The molecule has 1 atom stereocenters. The maximum Gasteiger partial charge on any atom is 0.251 e. The highest BCUT2D eigenvalue weighted by atomic mass is 19.2. The number of carbonyl (C=O) groups is 1. The van der Waals surface area contributed by atoms with Crippen LogP contribution >= 0.6 is 0 Å². The van der Waals surface area contributed by atoms with E-state index in [0.29, 0.717) is 16.8 Å². The van der Waals surface area contributed by atoms with Crippen molar-refractivity contribution in [1.82, 2.24) is 10.3 Å². The van der Waals surface area contributed by atoms with E-state index in [1.807, 2.05) is 13.0 Å². The number of halogens is 2. The summed E-state index contributed by atoms with van der Waals surface area (Å²) in [6.45, 7) is 3.36. The van der Waals surface area contributed by atoms with Crippen LogP contribution in [0.1, 0.15) is 22.8 Å². The van der Waals surface area contributed by atoms with E-state index in [1.165, 1.54) is 18.2 Å². The molecule has 6 heteroatoms. The molecule has 2 aromatic carbocycles. The number of aromatic nitrogens is 1. The van der Waals surface area contributed by atoms with E-state index in [2.05, 4.69) is 10.3 Å². The molecule has 0 radical (unpaired) electrons. The van der Waals surface area contributed by atoms with Gasteiger partial charge in [-0.15, -0.1) is 0 Å². The lowest BCUT2D eigenvalue weighted by Gasteiger charge is -2.14. The number of aliphatic hydroxyl groups excluding tert-OH is 1. The molecule has 3 rings (SSSR count). The van der Waals surface area contributed by atoms with E-state index in [1.54, 1.807) is 31.3 Å². The topological polar surface area (TPSA) is 62.2 Å². The molecule has 0 aliphatic heterocycles. The van der Waals surface area contributed by atoms with E-state index in [9.17, 15) is 18.7 Å². The van der Waals surface area contributed by atoms with Crippen molar-refractivity contribution >= 4 is 5.91 Å². The molecular weight excluding hydrogens is 362 g/mol. The average Bonchev–Trinajstić information content (AvgIpc) is 2.70. The average molecular weight is 382 g/mol. The van der Waals surface area contributed by atoms with Gasteiger partial charge in [-0.2, -0.15) is 0 Å². The summed E-state index contributed by atoms with van der Waals surface area (Å²) in [6, 6.07) is 12.0. The molecule has 0 spiro atoms. The molecule has 1 heterocycles. The third kappa shape index (κ3) is 4.23. The van der Waals surface area contributed by atoms with E-state index in [4.69, 9.17) is 0 Å². The van der Waals surface area contributed by atoms with Gasteiger partial charge in [0, 0.05) is 28.9 Å². The molecule has 28 heavy (non-hydrogen) atoms. The van der Waals surface area contributed by atoms with Crippen LogP contribution in [0.4, 0.5) is 8.78 Å². The Labute approximate surface area is 161 Å². The highest BCUT2D eigenvalue weighted by Gasteiger charge is 2.16. The van der Waals surface area contributed by atoms with Crippen molar-refractivity contribution in [2.75, 3.05) is 6.61 Å². The summed E-state index contributed by atoms with van der Waals surface area (Å²) in [6.07, 6.45) is 1.69. The fourth-order valence-corrected chi connectivity index (χ4v) is 2.78. The Kier molecular flexibility index (Phi) is 5.80. The summed E-state index contributed by atoms with van der Waals surface area (Å²) in [5, 5.41) is 11.8. The van der Waals surface area contributed by atoms with Gasteiger partial charge in [0.1, 0.15) is 0 Å². The van der Waals surface area contributed by atoms with Crippen molar-refractivity contribution < 1.29 is 18.7 Å². The van der Waals surface area contributed by atoms with Crippen LogP contribution < -0.4 is 5.32 Å². The summed E-state index contributed by atoms with van der Waals surface area (Å²) in [7, 11) is 0. The van der Waals surface area contributed by atoms with Gasteiger partial charge in [-0.3, -0.25) is 9.78 Å². The molecular formula is C22H20F2N2O2. The number of nitrogens with one attached hydrogen (secondary N) is 1. The number of pyridine rings is 1. The summed E-state index contributed by atoms with van der Waals surface area (Å²) in [5.74, 6) is -2.36. The van der Waals surface area contributed by atoms with Crippen molar-refractivity contribution in [3.63, 3.8) is 0 Å². The summed E-state index contributed by atoms with van der Waals surface area (Å²) < 4.78 is 28.1. The predicted octanol–water partition coefficient (Wildman–Crippen LogP) is 4.11. The minimum absolute atomic E-state index is 0.0539. The fraction of sp³-hybridized carbons (Fsp3) is 0.182. The van der Waals surface area contributed by atoms with Gasteiger partial charge < -0.3 is 10.4 Å². The summed E-state index contributed by atoms with van der Waals surface area (Å²) >= 11 is 0. The highest BCUT2D eigenvalue weighted by Crippen LogP contribution is 2.30. The molecule has 0 aliphatic rings. The second kappa shape index (κ2) is 8.27. The van der Waals surface area contributed by atoms with Crippen LogP contribution in [0.15, 0.2) is 54.7 Å². The predicted molar refractivity (Wildman–Crippen MR) is 104 cm³/mol. The Morgan fingerprint density at radius 1 is 1.14 bits per heavy atom. The van der Waals surface area contributed by atoms with Crippen molar-refractivity contribution in [1.29, 1.82) is 0 Å². The van der Waals surface area contributed by atoms with Gasteiger partial charge in [-0.25, -0.2) is 8.78 Å². The van der Waals surface area contributed by atoms with Crippen LogP contribution in [0.2, 0.25) is 0 Å². The molecule has 1 amide bonds. The largest absolute Gasteiger partial charge is 0.394 e. The standard InChI is InChI=1S/C22H20F2N2O2/c1-13-6-7-20(25-11-13)16-8-15(18-4-3-5-19(23)21(18)24)9-17(10-16)22(28)26-14(2)12-27/h3-11,14,27H,12H2,1-2H3,(H,26,28)/t14-/m0/s1. The Balaban J connectivity index is 2.14. The van der Waals surface area contributed by atoms with Gasteiger partial charge >= 0.3 is 0 Å². The number of aliphatic hydroxyl groups is 1. The Hall–Kier alpha value is -3.12. The summed E-state index contributed by atoms with van der Waals surface area (Å²) in [4.78, 5) is 16.9. The third-order valence-corrected chi connectivity index (χ3v) is 4.32. The van der Waals surface area contributed by atoms with Gasteiger partial charge in [-0.1, -0.05) is 18.2 Å². The Bertz CT molecular complexity index is 1000. The zero-order valence-electron chi connectivity index (χ0n) is 15.5. The zero-order chi connectivity index (χ0) is 20.3. The lowest BCUT2D eigenvalue weighted by atomic mass is 9.97. The van der Waals surface area contributed by atoms with Crippen LogP contribution in [0.25, 0.3) is 22.4 Å². The SMILES string of the molecule is Cc1ccc(-c2cc(C(=O)N[C@@H](C)CO)cc(-c3cccc(F)c3F)c2)nc1. The lowest BCUT2D eigenvalue weighted by molar-refractivity contribution is 0.0922. The maximum atomic E-state index is 14.3. The molecule has 4 nitrogen and oxygen atoms in total. The van der Waals surface area contributed by atoms with E-state index >= 15 is 0 Å². The maximum absolute atomic E-state index is 14.3. The third-order valence-electron chi connectivity index (χ3n) is 4.32. The Morgan fingerprint density at radius 2 is 1.89 bits per heavy atom. The fourth-order valence-electron chi connectivity index (χ4n) is 2.78. The van der Waals surface area contributed by atoms with Crippen LogP contribution in [0, 0.1) is 18.6 Å². The summed E-state index contributed by atoms with van der Waals surface area (Å²) in [5.41, 5.74) is 2.86. The molecule has 0 bridgehead atoms. The first-order chi connectivity index (χ1) is 13.4. The molecule has 0 fully saturated rings. The van der Waals surface area contributed by atoms with Gasteiger partial charge in [-0.05, 0) is 55.3 Å². The molecule has 0 unspecified atom stereocenters. The number of rotatable bonds is 5.